The molecule has 2 aromatic rings. The lowest BCUT2D eigenvalue weighted by molar-refractivity contribution is -0.132. The highest BCUT2D eigenvalue weighted by molar-refractivity contribution is 7.13. The first-order chi connectivity index (χ1) is 16.0. The fourth-order valence-corrected chi connectivity index (χ4v) is 5.14. The van der Waals surface area contributed by atoms with Crippen molar-refractivity contribution in [2.45, 2.75) is 45.6 Å². The lowest BCUT2D eigenvalue weighted by atomic mass is 10.2. The van der Waals surface area contributed by atoms with Gasteiger partial charge in [-0.05, 0) is 51.0 Å². The van der Waals surface area contributed by atoms with Crippen molar-refractivity contribution in [2.24, 2.45) is 0 Å². The smallest absolute Gasteiger partial charge is 0.273 e. The van der Waals surface area contributed by atoms with Crippen LogP contribution in [0.3, 0.4) is 0 Å². The first kappa shape index (κ1) is 23.7. The van der Waals surface area contributed by atoms with Crippen LogP contribution < -0.4 is 4.74 Å². The summed E-state index contributed by atoms with van der Waals surface area (Å²) in [6, 6.07) is 7.82. The van der Waals surface area contributed by atoms with Gasteiger partial charge in [0.1, 0.15) is 16.5 Å². The molecule has 2 aliphatic heterocycles. The van der Waals surface area contributed by atoms with Crippen LogP contribution in [-0.4, -0.2) is 83.4 Å². The summed E-state index contributed by atoms with van der Waals surface area (Å²) in [6.45, 7) is 8.92. The molecule has 0 bridgehead atoms. The number of hydrogen-bond donors (Lipinski definition) is 0. The molecule has 0 aliphatic carbocycles. The maximum absolute atomic E-state index is 13.0. The normalized spacial score (nSPS) is 17.8. The summed E-state index contributed by atoms with van der Waals surface area (Å²) < 4.78 is 5.69. The number of carbonyl (C=O) groups is 2. The van der Waals surface area contributed by atoms with E-state index in [1.807, 2.05) is 53.3 Å². The van der Waals surface area contributed by atoms with Crippen molar-refractivity contribution >= 4 is 23.2 Å². The van der Waals surface area contributed by atoms with E-state index < -0.39 is 0 Å². The van der Waals surface area contributed by atoms with E-state index in [2.05, 4.69) is 9.88 Å². The van der Waals surface area contributed by atoms with Crippen LogP contribution in [0.25, 0.3) is 10.6 Å². The van der Waals surface area contributed by atoms with Crippen molar-refractivity contribution in [3.8, 4) is 16.3 Å². The highest BCUT2D eigenvalue weighted by Gasteiger charge is 2.26. The second kappa shape index (κ2) is 11.1. The van der Waals surface area contributed by atoms with Gasteiger partial charge in [0.15, 0.2) is 0 Å². The molecular formula is C25H34N4O3S. The van der Waals surface area contributed by atoms with Crippen LogP contribution in [0.1, 0.15) is 50.0 Å². The molecule has 1 aromatic carbocycles. The minimum absolute atomic E-state index is 0.0317. The molecular weight excluding hydrogens is 436 g/mol. The Bertz CT molecular complexity index is 927. The van der Waals surface area contributed by atoms with Gasteiger partial charge in [-0.2, -0.15) is 0 Å². The fraction of sp³-hybridized carbons (Fsp3) is 0.560. The van der Waals surface area contributed by atoms with E-state index in [0.717, 1.165) is 55.3 Å². The minimum Gasteiger partial charge on any atom is -0.491 e. The third kappa shape index (κ3) is 6.32. The van der Waals surface area contributed by atoms with E-state index in [-0.39, 0.29) is 17.9 Å². The van der Waals surface area contributed by atoms with Gasteiger partial charge in [0.2, 0.25) is 5.91 Å². The molecule has 2 fully saturated rings. The Morgan fingerprint density at radius 1 is 0.939 bits per heavy atom. The zero-order chi connectivity index (χ0) is 23.2. The highest BCUT2D eigenvalue weighted by Crippen LogP contribution is 2.26. The van der Waals surface area contributed by atoms with Crippen LogP contribution in [0.5, 0.6) is 5.75 Å². The van der Waals surface area contributed by atoms with Gasteiger partial charge in [0.05, 0.1) is 12.6 Å². The van der Waals surface area contributed by atoms with Crippen LogP contribution in [0.15, 0.2) is 29.6 Å². The molecule has 2 saturated heterocycles. The quantitative estimate of drug-likeness (QED) is 0.643. The number of thiazole rings is 1. The van der Waals surface area contributed by atoms with Gasteiger partial charge in [0.25, 0.3) is 5.91 Å². The van der Waals surface area contributed by atoms with Gasteiger partial charge in [-0.25, -0.2) is 4.98 Å². The van der Waals surface area contributed by atoms with Gasteiger partial charge in [-0.15, -0.1) is 11.3 Å². The maximum Gasteiger partial charge on any atom is 0.273 e. The number of ether oxygens (including phenoxy) is 1. The molecule has 0 atom stereocenters. The highest BCUT2D eigenvalue weighted by atomic mass is 32.1. The molecule has 0 N–H and O–H groups in total. The third-order valence-corrected chi connectivity index (χ3v) is 7.06. The number of carbonyl (C=O) groups excluding carboxylic acids is 2. The predicted molar refractivity (Wildman–Crippen MR) is 131 cm³/mol. The largest absolute Gasteiger partial charge is 0.491 e. The standard InChI is InChI=1S/C25H34N4O3S/c1-19(2)32-21-9-7-20(8-10-21)24-26-22(18-33-24)25(31)29-15-13-27(14-16-29)17-23(30)28-11-5-3-4-6-12-28/h7-10,18-19H,3-6,11-17H2,1-2H3. The Hall–Kier alpha value is -2.45. The molecule has 178 valence electrons. The number of benzene rings is 1. The number of amides is 2. The second-order valence-electron chi connectivity index (χ2n) is 9.09. The van der Waals surface area contributed by atoms with Gasteiger partial charge in [-0.1, -0.05) is 12.8 Å². The van der Waals surface area contributed by atoms with Gasteiger partial charge in [0, 0.05) is 50.2 Å². The monoisotopic (exact) mass is 470 g/mol. The summed E-state index contributed by atoms with van der Waals surface area (Å²) in [5, 5.41) is 2.67. The Morgan fingerprint density at radius 2 is 1.61 bits per heavy atom. The van der Waals surface area contributed by atoms with Crippen LogP contribution in [0.4, 0.5) is 0 Å². The molecule has 0 saturated carbocycles. The second-order valence-corrected chi connectivity index (χ2v) is 9.95. The number of likely N-dealkylation sites (tertiary alicyclic amines) is 1. The Morgan fingerprint density at radius 3 is 2.24 bits per heavy atom. The molecule has 2 amide bonds. The van der Waals surface area contributed by atoms with Crippen molar-refractivity contribution in [2.75, 3.05) is 45.8 Å². The maximum atomic E-state index is 13.0. The molecule has 0 radical (unpaired) electrons. The van der Waals surface area contributed by atoms with Crippen molar-refractivity contribution in [1.29, 1.82) is 0 Å². The SMILES string of the molecule is CC(C)Oc1ccc(-c2nc(C(=O)N3CCN(CC(=O)N4CCCCCC4)CC3)cs2)cc1. The number of hydrogen-bond acceptors (Lipinski definition) is 6. The Labute approximate surface area is 200 Å². The van der Waals surface area contributed by atoms with Crippen LogP contribution >= 0.6 is 11.3 Å². The molecule has 3 heterocycles. The molecule has 33 heavy (non-hydrogen) atoms. The zero-order valence-electron chi connectivity index (χ0n) is 19.7. The van der Waals surface area contributed by atoms with E-state index in [1.165, 1.54) is 24.2 Å². The molecule has 8 heteroatoms. The summed E-state index contributed by atoms with van der Waals surface area (Å²) in [6.07, 6.45) is 4.80. The molecule has 4 rings (SSSR count). The van der Waals surface area contributed by atoms with E-state index in [4.69, 9.17) is 4.74 Å². The lowest BCUT2D eigenvalue weighted by Gasteiger charge is -2.35. The summed E-state index contributed by atoms with van der Waals surface area (Å²) in [7, 11) is 0. The number of rotatable bonds is 6. The number of piperazine rings is 1. The van der Waals surface area contributed by atoms with E-state index in [0.29, 0.717) is 25.3 Å². The van der Waals surface area contributed by atoms with Crippen LogP contribution in [-0.2, 0) is 4.79 Å². The molecule has 2 aliphatic rings. The molecule has 1 aromatic heterocycles. The topological polar surface area (TPSA) is 66.0 Å². The number of aromatic nitrogens is 1. The van der Waals surface area contributed by atoms with E-state index >= 15 is 0 Å². The summed E-state index contributed by atoms with van der Waals surface area (Å²) >= 11 is 1.48. The third-order valence-electron chi connectivity index (χ3n) is 6.17. The zero-order valence-corrected chi connectivity index (χ0v) is 20.5. The Kier molecular flexibility index (Phi) is 7.98. The molecule has 0 spiro atoms. The average molecular weight is 471 g/mol. The van der Waals surface area contributed by atoms with Gasteiger partial charge < -0.3 is 14.5 Å². The molecule has 0 unspecified atom stereocenters. The van der Waals surface area contributed by atoms with Crippen molar-refractivity contribution in [1.82, 2.24) is 19.7 Å². The van der Waals surface area contributed by atoms with E-state index in [1.54, 1.807) is 0 Å². The van der Waals surface area contributed by atoms with Gasteiger partial charge in [-0.3, -0.25) is 14.5 Å². The van der Waals surface area contributed by atoms with Gasteiger partial charge >= 0.3 is 0 Å². The van der Waals surface area contributed by atoms with Crippen LogP contribution in [0.2, 0.25) is 0 Å². The Balaban J connectivity index is 1.28. The first-order valence-electron chi connectivity index (χ1n) is 12.0. The van der Waals surface area contributed by atoms with Crippen molar-refractivity contribution < 1.29 is 14.3 Å². The summed E-state index contributed by atoms with van der Waals surface area (Å²) in [5.74, 6) is 1.02. The van der Waals surface area contributed by atoms with Crippen molar-refractivity contribution in [3.05, 3.63) is 35.3 Å². The van der Waals surface area contributed by atoms with Crippen molar-refractivity contribution in [3.63, 3.8) is 0 Å². The minimum atomic E-state index is -0.0317. The lowest BCUT2D eigenvalue weighted by Crippen LogP contribution is -2.51. The predicted octanol–water partition coefficient (Wildman–Crippen LogP) is 3.76. The number of nitrogens with zero attached hydrogens (tertiary/aromatic N) is 4. The first-order valence-corrected chi connectivity index (χ1v) is 12.9. The van der Waals surface area contributed by atoms with Crippen LogP contribution in [0, 0.1) is 0 Å². The summed E-state index contributed by atoms with van der Waals surface area (Å²) in [4.78, 5) is 36.3. The molecule has 7 nitrogen and oxygen atoms in total. The fourth-order valence-electron chi connectivity index (χ4n) is 4.34. The van der Waals surface area contributed by atoms with E-state index in [9.17, 15) is 9.59 Å². The average Bonchev–Trinajstić information content (AvgIpc) is 3.14. The summed E-state index contributed by atoms with van der Waals surface area (Å²) in [5.41, 5.74) is 1.47.